The van der Waals surface area contributed by atoms with Crippen molar-refractivity contribution in [1.82, 2.24) is 5.48 Å². The molecule has 4 N–H and O–H groups in total. The Hall–Kier alpha value is -3.79. The summed E-state index contributed by atoms with van der Waals surface area (Å²) in [5, 5.41) is 24.3. The number of carbonyl (C=O) groups is 2. The van der Waals surface area contributed by atoms with Crippen LogP contribution in [0.4, 0.5) is 11.4 Å². The van der Waals surface area contributed by atoms with Crippen molar-refractivity contribution in [1.29, 1.82) is 0 Å². The highest BCUT2D eigenvalue weighted by Crippen LogP contribution is 2.43. The lowest BCUT2D eigenvalue weighted by Gasteiger charge is -2.38. The third kappa shape index (κ3) is 5.64. The number of fused-ring (bicyclic) bond motifs is 2. The lowest BCUT2D eigenvalue weighted by atomic mass is 9.71. The SMILES string of the molecule is CCOC(=O)CN(c1ccc2c(c1)S(=O)(=O)N=C(C1=C(O)c3ccccc3C(CCC(C)C)(NO)C1=O)N2)S(C)(=O)=O. The number of ether oxygens (including phenoxy) is 1. The third-order valence-corrected chi connectivity index (χ3v) is 9.45. The van der Waals surface area contributed by atoms with Gasteiger partial charge >= 0.3 is 5.97 Å². The first-order valence-corrected chi connectivity index (χ1v) is 16.3. The van der Waals surface area contributed by atoms with Gasteiger partial charge in [-0.2, -0.15) is 13.9 Å². The first-order valence-electron chi connectivity index (χ1n) is 13.0. The minimum Gasteiger partial charge on any atom is -0.506 e. The molecule has 0 radical (unpaired) electrons. The number of sulfonamides is 2. The molecule has 0 amide bonds. The number of ketones is 1. The van der Waals surface area contributed by atoms with Gasteiger partial charge in [-0.25, -0.2) is 8.42 Å². The number of amidine groups is 1. The van der Waals surface area contributed by atoms with Crippen molar-refractivity contribution < 1.29 is 41.5 Å². The number of hydroxylamine groups is 1. The van der Waals surface area contributed by atoms with E-state index in [1.165, 1.54) is 12.1 Å². The number of anilines is 2. The first kappa shape index (κ1) is 31.2. The van der Waals surface area contributed by atoms with Gasteiger partial charge in [0.1, 0.15) is 28.3 Å². The zero-order valence-corrected chi connectivity index (χ0v) is 25.0. The van der Waals surface area contributed by atoms with Crippen LogP contribution in [0.25, 0.3) is 5.76 Å². The van der Waals surface area contributed by atoms with E-state index in [1.54, 1.807) is 31.2 Å². The van der Waals surface area contributed by atoms with Crippen molar-refractivity contribution in [3.63, 3.8) is 0 Å². The molecule has 2 aliphatic rings. The van der Waals surface area contributed by atoms with Gasteiger partial charge in [0.15, 0.2) is 11.6 Å². The number of aliphatic hydroxyl groups is 1. The molecule has 15 heteroatoms. The van der Waals surface area contributed by atoms with E-state index < -0.39 is 65.9 Å². The fraction of sp³-hybridized carbons (Fsp3) is 0.370. The molecule has 0 bridgehead atoms. The number of hydrogen-bond donors (Lipinski definition) is 4. The second kappa shape index (κ2) is 11.5. The molecule has 226 valence electrons. The minimum atomic E-state index is -4.57. The Morgan fingerprint density at radius 2 is 1.90 bits per heavy atom. The molecule has 1 aliphatic carbocycles. The van der Waals surface area contributed by atoms with Gasteiger partial charge < -0.3 is 20.4 Å². The van der Waals surface area contributed by atoms with Crippen molar-refractivity contribution in [2.75, 3.05) is 29.0 Å². The van der Waals surface area contributed by atoms with Crippen LogP contribution in [0.2, 0.25) is 0 Å². The van der Waals surface area contributed by atoms with Crippen LogP contribution >= 0.6 is 0 Å². The summed E-state index contributed by atoms with van der Waals surface area (Å²) in [7, 11) is -8.60. The number of carbonyl (C=O) groups excluding carboxylic acids is 2. The van der Waals surface area contributed by atoms with E-state index in [4.69, 9.17) is 4.74 Å². The summed E-state index contributed by atoms with van der Waals surface area (Å²) >= 11 is 0. The van der Waals surface area contributed by atoms with Crippen LogP contribution in [0.15, 0.2) is 57.3 Å². The molecule has 0 fully saturated rings. The molecule has 13 nitrogen and oxygen atoms in total. The largest absolute Gasteiger partial charge is 0.506 e. The smallest absolute Gasteiger partial charge is 0.326 e. The molecule has 0 saturated carbocycles. The second-order valence-corrected chi connectivity index (χ2v) is 13.8. The van der Waals surface area contributed by atoms with Gasteiger partial charge in [0.05, 0.1) is 24.2 Å². The summed E-state index contributed by atoms with van der Waals surface area (Å²) in [4.78, 5) is 25.7. The maximum atomic E-state index is 14.0. The first-order chi connectivity index (χ1) is 19.7. The standard InChI is InChI=1S/C27H32N4O9S2/c1-5-40-22(32)15-31(41(4,36)37)17-10-11-20-21(14-17)42(38,39)29-26(28-20)23-24(33)18-8-6-7-9-19(18)27(30-35,25(23)34)13-12-16(2)3/h6-11,14,16,30,33,35H,5,12-13,15H2,1-4H3,(H,28,29). The Balaban J connectivity index is 1.82. The fourth-order valence-electron chi connectivity index (χ4n) is 4.91. The second-order valence-electron chi connectivity index (χ2n) is 10.3. The van der Waals surface area contributed by atoms with Gasteiger partial charge in [0.2, 0.25) is 10.0 Å². The van der Waals surface area contributed by atoms with Gasteiger partial charge in [-0.05, 0) is 49.4 Å². The van der Waals surface area contributed by atoms with Crippen LogP contribution in [0, 0.1) is 5.92 Å². The van der Waals surface area contributed by atoms with E-state index in [2.05, 4.69) is 15.2 Å². The molecular formula is C27H32N4O9S2. The van der Waals surface area contributed by atoms with E-state index in [-0.39, 0.29) is 35.9 Å². The third-order valence-electron chi connectivity index (χ3n) is 6.99. The van der Waals surface area contributed by atoms with Crippen LogP contribution in [-0.4, -0.2) is 64.1 Å². The van der Waals surface area contributed by atoms with Gasteiger partial charge in [0, 0.05) is 5.56 Å². The molecule has 1 aliphatic heterocycles. The summed E-state index contributed by atoms with van der Waals surface area (Å²) in [6, 6.07) is 9.99. The Morgan fingerprint density at radius 3 is 2.52 bits per heavy atom. The normalized spacial score (nSPS) is 19.5. The number of hydrogen-bond acceptors (Lipinski definition) is 11. The minimum absolute atomic E-state index is 0.0207. The van der Waals surface area contributed by atoms with E-state index in [0.717, 1.165) is 12.3 Å². The fourth-order valence-corrected chi connectivity index (χ4v) is 6.89. The van der Waals surface area contributed by atoms with Crippen LogP contribution < -0.4 is 15.1 Å². The van der Waals surface area contributed by atoms with Crippen LogP contribution in [0.3, 0.4) is 0 Å². The zero-order valence-electron chi connectivity index (χ0n) is 23.4. The highest BCUT2D eigenvalue weighted by molar-refractivity contribution is 7.92. The van der Waals surface area contributed by atoms with Crippen LogP contribution in [-0.2, 0) is 39.9 Å². The molecule has 42 heavy (non-hydrogen) atoms. The van der Waals surface area contributed by atoms with Gasteiger partial charge in [-0.15, -0.1) is 4.40 Å². The summed E-state index contributed by atoms with van der Waals surface area (Å²) in [5.74, 6) is -2.46. The monoisotopic (exact) mass is 620 g/mol. The number of benzene rings is 2. The number of aliphatic hydroxyl groups excluding tert-OH is 1. The van der Waals surface area contributed by atoms with Gasteiger partial charge in [0.25, 0.3) is 10.0 Å². The summed E-state index contributed by atoms with van der Waals surface area (Å²) in [6.45, 7) is 4.78. The number of rotatable bonds is 10. The topological polar surface area (TPSA) is 192 Å². The molecular weight excluding hydrogens is 588 g/mol. The summed E-state index contributed by atoms with van der Waals surface area (Å²) in [6.07, 6.45) is 1.50. The molecule has 4 rings (SSSR count). The Morgan fingerprint density at radius 1 is 1.21 bits per heavy atom. The number of nitrogens with one attached hydrogen (secondary N) is 2. The Labute approximate surface area is 244 Å². The summed E-state index contributed by atoms with van der Waals surface area (Å²) in [5.41, 5.74) is 0.358. The molecule has 1 heterocycles. The molecule has 1 unspecified atom stereocenters. The Kier molecular flexibility index (Phi) is 8.51. The van der Waals surface area contributed by atoms with E-state index in [9.17, 15) is 36.7 Å². The molecule has 2 aromatic rings. The van der Waals surface area contributed by atoms with Gasteiger partial charge in [-0.1, -0.05) is 38.1 Å². The van der Waals surface area contributed by atoms with Crippen molar-refractivity contribution in [2.45, 2.75) is 44.0 Å². The quantitative estimate of drug-likeness (QED) is 0.225. The van der Waals surface area contributed by atoms with Crippen LogP contribution in [0.1, 0.15) is 44.7 Å². The lowest BCUT2D eigenvalue weighted by molar-refractivity contribution is -0.141. The maximum absolute atomic E-state index is 14.0. The number of esters is 1. The molecule has 0 aromatic heterocycles. The molecule has 2 aromatic carbocycles. The van der Waals surface area contributed by atoms with Crippen molar-refractivity contribution in [3.8, 4) is 0 Å². The molecule has 1 atom stereocenters. The number of Topliss-reactive ketones (excluding diaryl/α,β-unsaturated/α-hetero) is 1. The lowest BCUT2D eigenvalue weighted by Crippen LogP contribution is -2.52. The van der Waals surface area contributed by atoms with Crippen molar-refractivity contribution >= 4 is 54.8 Å². The van der Waals surface area contributed by atoms with Crippen molar-refractivity contribution in [3.05, 3.63) is 59.2 Å². The Bertz CT molecular complexity index is 1720. The average molecular weight is 621 g/mol. The zero-order chi connectivity index (χ0) is 31.0. The molecule has 0 saturated heterocycles. The van der Waals surface area contributed by atoms with Crippen molar-refractivity contribution in [2.24, 2.45) is 10.3 Å². The highest BCUT2D eigenvalue weighted by Gasteiger charge is 2.49. The van der Waals surface area contributed by atoms with E-state index in [1.807, 2.05) is 13.8 Å². The van der Waals surface area contributed by atoms with E-state index >= 15 is 0 Å². The predicted octanol–water partition coefficient (Wildman–Crippen LogP) is 2.69. The van der Waals surface area contributed by atoms with E-state index in [0.29, 0.717) is 16.3 Å². The summed E-state index contributed by atoms with van der Waals surface area (Å²) < 4.78 is 61.0. The number of nitrogens with zero attached hydrogens (tertiary/aromatic N) is 2. The predicted molar refractivity (Wildman–Crippen MR) is 155 cm³/mol. The van der Waals surface area contributed by atoms with Gasteiger partial charge in [-0.3, -0.25) is 13.9 Å². The maximum Gasteiger partial charge on any atom is 0.326 e. The average Bonchev–Trinajstić information content (AvgIpc) is 2.91. The highest BCUT2D eigenvalue weighted by atomic mass is 32.2. The molecule has 0 spiro atoms. The van der Waals surface area contributed by atoms with Crippen LogP contribution in [0.5, 0.6) is 0 Å².